The zero-order valence-electron chi connectivity index (χ0n) is 20.1. The minimum Gasteiger partial charge on any atom is -0.399 e. The molecule has 0 aliphatic carbocycles. The first-order valence-corrected chi connectivity index (χ1v) is 11.6. The van der Waals surface area contributed by atoms with Crippen molar-refractivity contribution in [1.29, 1.82) is 0 Å². The summed E-state index contributed by atoms with van der Waals surface area (Å²) in [5, 5.41) is 8.00. The summed E-state index contributed by atoms with van der Waals surface area (Å²) in [6, 6.07) is 16.1. The molecule has 1 aliphatic heterocycles. The van der Waals surface area contributed by atoms with Gasteiger partial charge < -0.3 is 9.31 Å². The second kappa shape index (κ2) is 6.70. The highest BCUT2D eigenvalue weighted by Gasteiger charge is 2.52. The van der Waals surface area contributed by atoms with Gasteiger partial charge in [0.2, 0.25) is 0 Å². The van der Waals surface area contributed by atoms with Crippen LogP contribution in [0.5, 0.6) is 0 Å². The zero-order chi connectivity index (χ0) is 22.3. The largest absolute Gasteiger partial charge is 0.495 e. The van der Waals surface area contributed by atoms with Crippen molar-refractivity contribution in [3.63, 3.8) is 0 Å². The average Bonchev–Trinajstić information content (AvgIpc) is 2.92. The summed E-state index contributed by atoms with van der Waals surface area (Å²) in [5.74, 6) is 0.895. The first kappa shape index (κ1) is 20.8. The van der Waals surface area contributed by atoms with Crippen molar-refractivity contribution in [1.82, 2.24) is 0 Å². The molecule has 0 saturated carbocycles. The minimum absolute atomic E-state index is 0.357. The van der Waals surface area contributed by atoms with Crippen molar-refractivity contribution in [3.8, 4) is 0 Å². The summed E-state index contributed by atoms with van der Waals surface area (Å²) in [6.45, 7) is 17.6. The molecule has 0 atom stereocenters. The van der Waals surface area contributed by atoms with Crippen LogP contribution in [-0.2, 0) is 9.31 Å². The maximum Gasteiger partial charge on any atom is 0.495 e. The summed E-state index contributed by atoms with van der Waals surface area (Å²) in [5.41, 5.74) is 3.21. The Labute approximate surface area is 186 Å². The summed E-state index contributed by atoms with van der Waals surface area (Å²) >= 11 is 0. The molecule has 31 heavy (non-hydrogen) atoms. The second-order valence-electron chi connectivity index (χ2n) is 10.9. The lowest BCUT2D eigenvalue weighted by molar-refractivity contribution is 0.00578. The van der Waals surface area contributed by atoms with E-state index in [1.165, 1.54) is 43.4 Å². The van der Waals surface area contributed by atoms with E-state index in [4.69, 9.17) is 9.31 Å². The summed E-state index contributed by atoms with van der Waals surface area (Å²) < 4.78 is 13.0. The summed E-state index contributed by atoms with van der Waals surface area (Å²) in [4.78, 5) is 0. The Morgan fingerprint density at radius 1 is 0.645 bits per heavy atom. The first-order valence-electron chi connectivity index (χ1n) is 11.6. The molecule has 1 fully saturated rings. The van der Waals surface area contributed by atoms with Gasteiger partial charge in [-0.25, -0.2) is 0 Å². The van der Waals surface area contributed by atoms with Gasteiger partial charge in [-0.15, -0.1) is 0 Å². The van der Waals surface area contributed by atoms with Crippen LogP contribution in [0.25, 0.3) is 32.3 Å². The van der Waals surface area contributed by atoms with Gasteiger partial charge in [-0.1, -0.05) is 70.2 Å². The SMILES string of the molecule is CC(C)c1ccc2ccc3c(C(C)C)cc(B4OC(C)(C)C(C)(C)O4)c4ccc1c2c43. The van der Waals surface area contributed by atoms with Crippen molar-refractivity contribution >= 4 is 44.9 Å². The van der Waals surface area contributed by atoms with Crippen molar-refractivity contribution in [3.05, 3.63) is 53.6 Å². The predicted molar refractivity (Wildman–Crippen MR) is 134 cm³/mol. The van der Waals surface area contributed by atoms with Crippen LogP contribution in [0.2, 0.25) is 0 Å². The van der Waals surface area contributed by atoms with Crippen LogP contribution in [0, 0.1) is 0 Å². The quantitative estimate of drug-likeness (QED) is 0.263. The van der Waals surface area contributed by atoms with Crippen LogP contribution in [0.15, 0.2) is 42.5 Å². The molecule has 0 bridgehead atoms. The second-order valence-corrected chi connectivity index (χ2v) is 10.9. The molecular weight excluding hydrogens is 379 g/mol. The summed E-state index contributed by atoms with van der Waals surface area (Å²) in [6.07, 6.45) is 0. The lowest BCUT2D eigenvalue weighted by Gasteiger charge is -2.32. The Hall–Kier alpha value is -2.10. The highest BCUT2D eigenvalue weighted by atomic mass is 16.7. The molecule has 4 aromatic carbocycles. The minimum atomic E-state index is -0.364. The zero-order valence-corrected chi connectivity index (χ0v) is 20.1. The lowest BCUT2D eigenvalue weighted by Crippen LogP contribution is -2.41. The van der Waals surface area contributed by atoms with Gasteiger partial charge in [-0.05, 0) is 88.4 Å². The summed E-state index contributed by atoms with van der Waals surface area (Å²) in [7, 11) is -0.364. The fourth-order valence-corrected chi connectivity index (χ4v) is 5.12. The molecule has 0 spiro atoms. The van der Waals surface area contributed by atoms with Gasteiger partial charge in [0.15, 0.2) is 0 Å². The van der Waals surface area contributed by atoms with Gasteiger partial charge in [-0.3, -0.25) is 0 Å². The number of rotatable bonds is 3. The van der Waals surface area contributed by atoms with E-state index in [0.29, 0.717) is 11.8 Å². The van der Waals surface area contributed by atoms with Crippen molar-refractivity contribution in [2.24, 2.45) is 0 Å². The van der Waals surface area contributed by atoms with Crippen LogP contribution in [0.1, 0.15) is 78.4 Å². The van der Waals surface area contributed by atoms with Crippen LogP contribution in [0.4, 0.5) is 0 Å². The molecule has 3 heteroatoms. The first-order chi connectivity index (χ1) is 14.5. The average molecular weight is 412 g/mol. The molecular formula is C28H33BO2. The molecule has 0 N–H and O–H groups in total. The fourth-order valence-electron chi connectivity index (χ4n) is 5.12. The van der Waals surface area contributed by atoms with E-state index in [9.17, 15) is 0 Å². The molecule has 0 aromatic heterocycles. The third-order valence-corrected chi connectivity index (χ3v) is 7.63. The molecule has 0 radical (unpaired) electrons. The maximum absolute atomic E-state index is 6.51. The van der Waals surface area contributed by atoms with Crippen LogP contribution < -0.4 is 5.46 Å². The topological polar surface area (TPSA) is 18.5 Å². The Balaban J connectivity index is 1.89. The van der Waals surface area contributed by atoms with Crippen LogP contribution >= 0.6 is 0 Å². The monoisotopic (exact) mass is 412 g/mol. The molecule has 0 unspecified atom stereocenters. The van der Waals surface area contributed by atoms with Crippen molar-refractivity contribution < 1.29 is 9.31 Å². The van der Waals surface area contributed by atoms with Crippen LogP contribution in [0.3, 0.4) is 0 Å². The highest BCUT2D eigenvalue weighted by molar-refractivity contribution is 6.66. The molecule has 2 nitrogen and oxygen atoms in total. The van der Waals surface area contributed by atoms with Crippen molar-refractivity contribution in [2.45, 2.75) is 78.4 Å². The van der Waals surface area contributed by atoms with Gasteiger partial charge in [0, 0.05) is 0 Å². The Morgan fingerprint density at radius 2 is 1.16 bits per heavy atom. The molecule has 0 amide bonds. The van der Waals surface area contributed by atoms with Gasteiger partial charge in [0.1, 0.15) is 0 Å². The van der Waals surface area contributed by atoms with E-state index in [2.05, 4.69) is 97.9 Å². The normalized spacial score (nSPS) is 18.5. The van der Waals surface area contributed by atoms with E-state index in [-0.39, 0.29) is 18.3 Å². The van der Waals surface area contributed by atoms with Crippen molar-refractivity contribution in [2.75, 3.05) is 0 Å². The predicted octanol–water partition coefficient (Wildman–Crippen LogP) is 7.13. The fraction of sp³-hybridized carbons (Fsp3) is 0.429. The van der Waals surface area contributed by atoms with E-state index in [1.54, 1.807) is 0 Å². The Bertz CT molecular complexity index is 1280. The molecule has 4 aromatic rings. The van der Waals surface area contributed by atoms with Gasteiger partial charge >= 0.3 is 7.12 Å². The molecule has 160 valence electrons. The van der Waals surface area contributed by atoms with E-state index in [0.717, 1.165) is 5.46 Å². The molecule has 1 aliphatic rings. The lowest BCUT2D eigenvalue weighted by atomic mass is 9.72. The Kier molecular flexibility index (Phi) is 4.49. The van der Waals surface area contributed by atoms with E-state index in [1.807, 2.05) is 0 Å². The van der Waals surface area contributed by atoms with Gasteiger partial charge in [0.25, 0.3) is 0 Å². The molecule has 1 heterocycles. The number of hydrogen-bond donors (Lipinski definition) is 0. The van der Waals surface area contributed by atoms with Gasteiger partial charge in [0.05, 0.1) is 11.2 Å². The third kappa shape index (κ3) is 2.93. The third-order valence-electron chi connectivity index (χ3n) is 7.63. The van der Waals surface area contributed by atoms with E-state index >= 15 is 0 Å². The van der Waals surface area contributed by atoms with Crippen LogP contribution in [-0.4, -0.2) is 18.3 Å². The standard InChI is InChI=1S/C28H33BO2/c1-16(2)19-11-9-18-10-12-21-23(17(3)4)15-24(22-14-13-20(19)25(18)26(21)22)29-30-27(5,6)28(7,8)31-29/h9-17H,1-8H3. The Morgan fingerprint density at radius 3 is 1.77 bits per heavy atom. The van der Waals surface area contributed by atoms with E-state index < -0.39 is 0 Å². The maximum atomic E-state index is 6.51. The number of benzene rings is 4. The smallest absolute Gasteiger partial charge is 0.399 e. The van der Waals surface area contributed by atoms with Gasteiger partial charge in [-0.2, -0.15) is 0 Å². The molecule has 5 rings (SSSR count). The highest BCUT2D eigenvalue weighted by Crippen LogP contribution is 2.42. The number of hydrogen-bond acceptors (Lipinski definition) is 2. The molecule has 1 saturated heterocycles.